The minimum absolute atomic E-state index is 0.340. The van der Waals surface area contributed by atoms with E-state index in [1.54, 1.807) is 11.3 Å². The lowest BCUT2D eigenvalue weighted by atomic mass is 9.87. The third kappa shape index (κ3) is 2.54. The Hall–Kier alpha value is -0.940. The highest BCUT2D eigenvalue weighted by Gasteiger charge is 2.43. The molecule has 19 heavy (non-hydrogen) atoms. The zero-order chi connectivity index (χ0) is 13.4. The van der Waals surface area contributed by atoms with Crippen LogP contribution in [0.5, 0.6) is 0 Å². The number of hydrogen-bond acceptors (Lipinski definition) is 4. The smallest absolute Gasteiger partial charge is 0.303 e. The summed E-state index contributed by atoms with van der Waals surface area (Å²) in [6, 6.07) is 1.49. The van der Waals surface area contributed by atoms with E-state index in [0.29, 0.717) is 30.5 Å². The number of carboxylic acids is 1. The summed E-state index contributed by atoms with van der Waals surface area (Å²) in [7, 11) is 0. The normalized spacial score (nSPS) is 32.4. The number of carboxylic acid groups (broad SMARTS) is 1. The Morgan fingerprint density at radius 1 is 1.53 bits per heavy atom. The number of piperidine rings is 1. The first-order chi connectivity index (χ1) is 9.15. The van der Waals surface area contributed by atoms with Crippen LogP contribution >= 0.6 is 11.3 Å². The first-order valence-electron chi connectivity index (χ1n) is 7.03. The fourth-order valence-corrected chi connectivity index (χ4v) is 4.64. The lowest BCUT2D eigenvalue weighted by Crippen LogP contribution is -2.44. The van der Waals surface area contributed by atoms with E-state index in [-0.39, 0.29) is 0 Å². The second kappa shape index (κ2) is 5.21. The molecule has 2 bridgehead atoms. The molecular formula is C14H20N2O2S. The second-order valence-corrected chi connectivity index (χ2v) is 6.74. The highest BCUT2D eigenvalue weighted by Crippen LogP contribution is 2.44. The van der Waals surface area contributed by atoms with Crippen molar-refractivity contribution in [2.45, 2.75) is 57.2 Å². The van der Waals surface area contributed by atoms with Crippen LogP contribution in [0.3, 0.4) is 0 Å². The molecule has 3 unspecified atom stereocenters. The third-order valence-corrected chi connectivity index (χ3v) is 5.55. The zero-order valence-corrected chi connectivity index (χ0v) is 12.0. The second-order valence-electron chi connectivity index (χ2n) is 5.81. The van der Waals surface area contributed by atoms with Crippen molar-refractivity contribution in [3.63, 3.8) is 0 Å². The molecular weight excluding hydrogens is 260 g/mol. The van der Waals surface area contributed by atoms with Crippen molar-refractivity contribution in [1.82, 2.24) is 9.88 Å². The molecule has 2 saturated heterocycles. The lowest BCUT2D eigenvalue weighted by Gasteiger charge is -2.41. The fraction of sp³-hybridized carbons (Fsp3) is 0.714. The van der Waals surface area contributed by atoms with Gasteiger partial charge in [0.2, 0.25) is 0 Å². The predicted octanol–water partition coefficient (Wildman–Crippen LogP) is 2.92. The molecule has 2 fully saturated rings. The van der Waals surface area contributed by atoms with Crippen molar-refractivity contribution in [2.24, 2.45) is 5.92 Å². The number of nitrogens with zero attached hydrogens (tertiary/aromatic N) is 2. The van der Waals surface area contributed by atoms with Gasteiger partial charge >= 0.3 is 5.97 Å². The first kappa shape index (κ1) is 13.1. The van der Waals surface area contributed by atoms with Gasteiger partial charge in [-0.15, -0.1) is 11.3 Å². The molecule has 0 spiro atoms. The summed E-state index contributed by atoms with van der Waals surface area (Å²) in [4.78, 5) is 17.9. The molecule has 1 aromatic heterocycles. The van der Waals surface area contributed by atoms with Gasteiger partial charge in [0.15, 0.2) is 0 Å². The summed E-state index contributed by atoms with van der Waals surface area (Å²) in [6.07, 6.45) is 6.73. The van der Waals surface area contributed by atoms with Crippen LogP contribution in [-0.2, 0) is 4.79 Å². The summed E-state index contributed by atoms with van der Waals surface area (Å²) in [5.41, 5.74) is 0. The van der Waals surface area contributed by atoms with E-state index in [2.05, 4.69) is 16.8 Å². The highest BCUT2D eigenvalue weighted by molar-refractivity contribution is 7.09. The average Bonchev–Trinajstić information content (AvgIpc) is 2.95. The van der Waals surface area contributed by atoms with Crippen LogP contribution in [0.2, 0.25) is 0 Å². The number of thiazole rings is 1. The molecule has 5 heteroatoms. The van der Waals surface area contributed by atoms with E-state index in [9.17, 15) is 4.79 Å². The molecule has 1 aromatic rings. The quantitative estimate of drug-likeness (QED) is 0.921. The van der Waals surface area contributed by atoms with E-state index < -0.39 is 5.97 Å². The lowest BCUT2D eigenvalue weighted by molar-refractivity contribution is -0.138. The van der Waals surface area contributed by atoms with Crippen molar-refractivity contribution in [3.05, 3.63) is 16.6 Å². The largest absolute Gasteiger partial charge is 0.481 e. The molecule has 0 aliphatic carbocycles. The van der Waals surface area contributed by atoms with E-state index in [4.69, 9.17) is 5.11 Å². The Morgan fingerprint density at radius 2 is 2.21 bits per heavy atom. The van der Waals surface area contributed by atoms with Crippen molar-refractivity contribution in [1.29, 1.82) is 0 Å². The summed E-state index contributed by atoms with van der Waals surface area (Å²) in [6.45, 7) is 2.24. The van der Waals surface area contributed by atoms with Gasteiger partial charge in [0.05, 0.1) is 6.04 Å². The van der Waals surface area contributed by atoms with Gasteiger partial charge in [-0.25, -0.2) is 4.98 Å². The van der Waals surface area contributed by atoms with Gasteiger partial charge in [-0.1, -0.05) is 0 Å². The molecule has 4 nitrogen and oxygen atoms in total. The SMILES string of the molecule is CC(c1nccs1)N1C2CCC1CC(CC(=O)O)C2. The molecule has 0 radical (unpaired) electrons. The molecule has 1 N–H and O–H groups in total. The van der Waals surface area contributed by atoms with Crippen LogP contribution in [0, 0.1) is 5.92 Å². The minimum atomic E-state index is -0.647. The molecule has 104 valence electrons. The maximum atomic E-state index is 10.9. The van der Waals surface area contributed by atoms with Crippen molar-refractivity contribution < 1.29 is 9.90 Å². The Labute approximate surface area is 117 Å². The molecule has 0 saturated carbocycles. The van der Waals surface area contributed by atoms with Crippen molar-refractivity contribution in [2.75, 3.05) is 0 Å². The molecule has 2 aliphatic rings. The number of hydrogen-bond donors (Lipinski definition) is 1. The first-order valence-corrected chi connectivity index (χ1v) is 7.91. The van der Waals surface area contributed by atoms with E-state index in [1.165, 1.54) is 17.8 Å². The van der Waals surface area contributed by atoms with Gasteiger partial charge in [0, 0.05) is 30.1 Å². The van der Waals surface area contributed by atoms with Crippen LogP contribution in [0.4, 0.5) is 0 Å². The molecule has 0 aromatic carbocycles. The van der Waals surface area contributed by atoms with E-state index >= 15 is 0 Å². The molecule has 2 aliphatic heterocycles. The molecule has 3 heterocycles. The molecule has 3 atom stereocenters. The van der Waals surface area contributed by atoms with Crippen molar-refractivity contribution >= 4 is 17.3 Å². The van der Waals surface area contributed by atoms with Crippen LogP contribution in [0.15, 0.2) is 11.6 Å². The fourth-order valence-electron chi connectivity index (χ4n) is 3.94. The van der Waals surface area contributed by atoms with Gasteiger partial charge in [0.25, 0.3) is 0 Å². The molecule has 3 rings (SSSR count). The van der Waals surface area contributed by atoms with Gasteiger partial charge in [-0.2, -0.15) is 0 Å². The summed E-state index contributed by atoms with van der Waals surface area (Å²) >= 11 is 1.72. The predicted molar refractivity (Wildman–Crippen MR) is 74.2 cm³/mol. The van der Waals surface area contributed by atoms with Crippen LogP contribution in [-0.4, -0.2) is 33.0 Å². The van der Waals surface area contributed by atoms with Gasteiger partial charge in [-0.05, 0) is 38.5 Å². The van der Waals surface area contributed by atoms with Crippen LogP contribution in [0.25, 0.3) is 0 Å². The summed E-state index contributed by atoms with van der Waals surface area (Å²) in [5.74, 6) is -0.277. The van der Waals surface area contributed by atoms with Crippen LogP contribution in [0.1, 0.15) is 50.1 Å². The number of carbonyl (C=O) groups is 1. The summed E-state index contributed by atoms with van der Waals surface area (Å²) in [5, 5.41) is 12.2. The zero-order valence-electron chi connectivity index (χ0n) is 11.2. The number of aliphatic carboxylic acids is 1. The molecule has 0 amide bonds. The Morgan fingerprint density at radius 3 is 2.74 bits per heavy atom. The van der Waals surface area contributed by atoms with Gasteiger partial charge in [0.1, 0.15) is 5.01 Å². The van der Waals surface area contributed by atoms with Gasteiger partial charge in [-0.3, -0.25) is 9.69 Å². The highest BCUT2D eigenvalue weighted by atomic mass is 32.1. The maximum Gasteiger partial charge on any atom is 0.303 e. The Balaban J connectivity index is 1.71. The van der Waals surface area contributed by atoms with Gasteiger partial charge < -0.3 is 5.11 Å². The number of aromatic nitrogens is 1. The standard InChI is InChI=1S/C14H20N2O2S/c1-9(14-15-4-5-19-14)16-11-2-3-12(16)7-10(6-11)8-13(17)18/h4-5,9-12H,2-3,6-8H2,1H3,(H,17,18). The number of rotatable bonds is 4. The number of fused-ring (bicyclic) bond motifs is 2. The maximum absolute atomic E-state index is 10.9. The Bertz CT molecular complexity index is 434. The topological polar surface area (TPSA) is 53.4 Å². The minimum Gasteiger partial charge on any atom is -0.481 e. The van der Waals surface area contributed by atoms with Crippen LogP contribution < -0.4 is 0 Å². The summed E-state index contributed by atoms with van der Waals surface area (Å²) < 4.78 is 0. The monoisotopic (exact) mass is 280 g/mol. The third-order valence-electron chi connectivity index (χ3n) is 4.61. The Kier molecular flexibility index (Phi) is 3.58. The van der Waals surface area contributed by atoms with E-state index in [0.717, 1.165) is 12.8 Å². The van der Waals surface area contributed by atoms with Crippen molar-refractivity contribution in [3.8, 4) is 0 Å². The van der Waals surface area contributed by atoms with E-state index in [1.807, 2.05) is 11.6 Å². The average molecular weight is 280 g/mol.